The molecule has 0 spiro atoms. The first-order valence-corrected chi connectivity index (χ1v) is 19.2. The highest BCUT2D eigenvalue weighted by Gasteiger charge is 2.36. The van der Waals surface area contributed by atoms with Gasteiger partial charge in [-0.25, -0.2) is 15.0 Å². The van der Waals surface area contributed by atoms with Crippen LogP contribution in [0, 0.1) is 0 Å². The van der Waals surface area contributed by atoms with Crippen LogP contribution in [0.2, 0.25) is 0 Å². The van der Waals surface area contributed by atoms with Crippen molar-refractivity contribution in [1.29, 1.82) is 0 Å². The highest BCUT2D eigenvalue weighted by atomic mass is 16.3. The van der Waals surface area contributed by atoms with Crippen molar-refractivity contribution >= 4 is 65.0 Å². The van der Waals surface area contributed by atoms with Gasteiger partial charge in [-0.2, -0.15) is 0 Å². The van der Waals surface area contributed by atoms with E-state index in [0.29, 0.717) is 17.5 Å². The molecule has 1 aliphatic carbocycles. The maximum Gasteiger partial charge on any atom is 0.164 e. The number of fused-ring (bicyclic) bond motifs is 12. The van der Waals surface area contributed by atoms with Crippen molar-refractivity contribution in [2.45, 2.75) is 19.3 Å². The molecule has 0 bridgehead atoms. The van der Waals surface area contributed by atoms with Gasteiger partial charge in [0, 0.05) is 32.9 Å². The van der Waals surface area contributed by atoms with E-state index in [9.17, 15) is 0 Å². The third kappa shape index (κ3) is 4.44. The molecular weight excluding hydrogens is 683 g/mol. The van der Waals surface area contributed by atoms with Crippen LogP contribution < -0.4 is 0 Å². The van der Waals surface area contributed by atoms with E-state index in [0.717, 1.165) is 49.4 Å². The van der Waals surface area contributed by atoms with Gasteiger partial charge in [0.1, 0.15) is 11.2 Å². The monoisotopic (exact) mass is 715 g/mol. The lowest BCUT2D eigenvalue weighted by Crippen LogP contribution is -2.14. The molecule has 0 aliphatic heterocycles. The molecule has 0 radical (unpaired) electrons. The van der Waals surface area contributed by atoms with Gasteiger partial charge in [-0.3, -0.25) is 0 Å². The highest BCUT2D eigenvalue weighted by Crippen LogP contribution is 2.51. The van der Waals surface area contributed by atoms with Crippen LogP contribution in [0.4, 0.5) is 0 Å². The summed E-state index contributed by atoms with van der Waals surface area (Å²) in [6.45, 7) is 4.60. The summed E-state index contributed by atoms with van der Waals surface area (Å²) in [7, 11) is 0. The molecule has 2 heterocycles. The molecule has 0 saturated heterocycles. The van der Waals surface area contributed by atoms with Crippen LogP contribution in [-0.2, 0) is 5.41 Å². The molecule has 1 aliphatic rings. The average molecular weight is 716 g/mol. The minimum Gasteiger partial charge on any atom is -0.456 e. The van der Waals surface area contributed by atoms with Crippen LogP contribution in [0.3, 0.4) is 0 Å². The smallest absolute Gasteiger partial charge is 0.164 e. The van der Waals surface area contributed by atoms with E-state index in [-0.39, 0.29) is 5.41 Å². The van der Waals surface area contributed by atoms with E-state index < -0.39 is 0 Å². The SMILES string of the molecule is CC1(C)c2ccccc2-c2cc3c(cc21)oc1cccc(-c2nc(-c4ccc5ccc6ccc7ccccc7c6c5c4)nc(-c4cccc5ccccc45)n2)c13. The normalized spacial score (nSPS) is 13.3. The third-order valence-corrected chi connectivity index (χ3v) is 12.1. The lowest BCUT2D eigenvalue weighted by molar-refractivity contribution is 0.647. The Bertz CT molecular complexity index is 3460. The molecule has 262 valence electrons. The van der Waals surface area contributed by atoms with E-state index in [1.165, 1.54) is 54.6 Å². The van der Waals surface area contributed by atoms with Gasteiger partial charge in [0.25, 0.3) is 0 Å². The van der Waals surface area contributed by atoms with Crippen molar-refractivity contribution < 1.29 is 4.42 Å². The number of nitrogens with zero attached hydrogens (tertiary/aromatic N) is 3. The maximum atomic E-state index is 6.67. The third-order valence-electron chi connectivity index (χ3n) is 12.1. The molecule has 0 unspecified atom stereocenters. The Labute approximate surface area is 322 Å². The second-order valence-corrected chi connectivity index (χ2v) is 15.6. The van der Waals surface area contributed by atoms with Gasteiger partial charge < -0.3 is 4.42 Å². The first-order chi connectivity index (χ1) is 27.5. The summed E-state index contributed by atoms with van der Waals surface area (Å²) in [6, 6.07) is 58.3. The van der Waals surface area contributed by atoms with E-state index in [4.69, 9.17) is 19.4 Å². The first-order valence-electron chi connectivity index (χ1n) is 19.2. The fourth-order valence-corrected chi connectivity index (χ4v) is 9.34. The molecule has 0 saturated carbocycles. The molecule has 0 atom stereocenters. The molecule has 12 rings (SSSR count). The van der Waals surface area contributed by atoms with Crippen LogP contribution in [0.5, 0.6) is 0 Å². The van der Waals surface area contributed by atoms with Crippen molar-refractivity contribution in [3.63, 3.8) is 0 Å². The molecule has 4 nitrogen and oxygen atoms in total. The number of rotatable bonds is 3. The molecular formula is C52H33N3O. The second-order valence-electron chi connectivity index (χ2n) is 15.6. The summed E-state index contributed by atoms with van der Waals surface area (Å²) in [4.78, 5) is 15.9. The lowest BCUT2D eigenvalue weighted by atomic mass is 9.82. The summed E-state index contributed by atoms with van der Waals surface area (Å²) in [5.41, 5.74) is 9.50. The number of aromatic nitrogens is 3. The summed E-state index contributed by atoms with van der Waals surface area (Å²) < 4.78 is 6.67. The van der Waals surface area contributed by atoms with Gasteiger partial charge in [-0.1, -0.05) is 153 Å². The number of hydrogen-bond donors (Lipinski definition) is 0. The van der Waals surface area contributed by atoms with Gasteiger partial charge >= 0.3 is 0 Å². The van der Waals surface area contributed by atoms with Crippen molar-refractivity contribution in [2.24, 2.45) is 0 Å². The summed E-state index contributed by atoms with van der Waals surface area (Å²) >= 11 is 0. The molecule has 11 aromatic rings. The van der Waals surface area contributed by atoms with Crippen LogP contribution in [0.1, 0.15) is 25.0 Å². The summed E-state index contributed by atoms with van der Waals surface area (Å²) in [6.07, 6.45) is 0. The largest absolute Gasteiger partial charge is 0.456 e. The van der Waals surface area contributed by atoms with Crippen LogP contribution in [0.25, 0.3) is 110 Å². The fourth-order valence-electron chi connectivity index (χ4n) is 9.34. The standard InChI is InChI=1S/C52H33N3O/c1-52(2)43-19-8-7-16-37(43)41-28-42-46(29-44(41)52)56-45-20-10-18-39(48(42)45)51-54-49(53-50(55-51)38-17-9-13-30-11-3-5-14-35(30)38)34-26-23-32-22-25-33-24-21-31-12-4-6-15-36(31)47(33)40(32)27-34/h3-29H,1-2H3. The molecule has 0 amide bonds. The number of furan rings is 1. The van der Waals surface area contributed by atoms with Gasteiger partial charge in [-0.05, 0) is 89.6 Å². The van der Waals surface area contributed by atoms with Crippen LogP contribution in [0.15, 0.2) is 168 Å². The Hall–Kier alpha value is -7.17. The Morgan fingerprint density at radius 2 is 0.982 bits per heavy atom. The summed E-state index contributed by atoms with van der Waals surface area (Å²) in [5, 5.41) is 11.5. The lowest BCUT2D eigenvalue weighted by Gasteiger charge is -2.21. The van der Waals surface area contributed by atoms with Gasteiger partial charge in [-0.15, -0.1) is 0 Å². The molecule has 0 fully saturated rings. The van der Waals surface area contributed by atoms with E-state index in [2.05, 4.69) is 172 Å². The van der Waals surface area contributed by atoms with Gasteiger partial charge in [0.05, 0.1) is 0 Å². The Morgan fingerprint density at radius 1 is 0.375 bits per heavy atom. The van der Waals surface area contributed by atoms with Crippen molar-refractivity contribution in [2.75, 3.05) is 0 Å². The number of hydrogen-bond acceptors (Lipinski definition) is 4. The molecule has 9 aromatic carbocycles. The molecule has 4 heteroatoms. The predicted octanol–water partition coefficient (Wildman–Crippen LogP) is 13.7. The van der Waals surface area contributed by atoms with Gasteiger partial charge in [0.2, 0.25) is 0 Å². The first kappa shape index (κ1) is 31.2. The Morgan fingerprint density at radius 3 is 1.84 bits per heavy atom. The van der Waals surface area contributed by atoms with E-state index in [1.807, 2.05) is 6.07 Å². The van der Waals surface area contributed by atoms with Crippen LogP contribution in [-0.4, -0.2) is 15.0 Å². The minimum absolute atomic E-state index is 0.129. The zero-order valence-electron chi connectivity index (χ0n) is 30.8. The molecule has 0 N–H and O–H groups in total. The average Bonchev–Trinajstić information content (AvgIpc) is 3.73. The minimum atomic E-state index is -0.129. The van der Waals surface area contributed by atoms with E-state index >= 15 is 0 Å². The zero-order chi connectivity index (χ0) is 37.1. The van der Waals surface area contributed by atoms with Crippen molar-refractivity contribution in [1.82, 2.24) is 15.0 Å². The highest BCUT2D eigenvalue weighted by molar-refractivity contribution is 6.21. The van der Waals surface area contributed by atoms with E-state index in [1.54, 1.807) is 0 Å². The maximum absolute atomic E-state index is 6.67. The van der Waals surface area contributed by atoms with Gasteiger partial charge in [0.15, 0.2) is 17.5 Å². The Kier molecular flexibility index (Phi) is 6.37. The fraction of sp³-hybridized carbons (Fsp3) is 0.0577. The molecule has 56 heavy (non-hydrogen) atoms. The predicted molar refractivity (Wildman–Crippen MR) is 231 cm³/mol. The second kappa shape index (κ2) is 11.4. The summed E-state index contributed by atoms with van der Waals surface area (Å²) in [5.74, 6) is 1.86. The molecule has 2 aromatic heterocycles. The van der Waals surface area contributed by atoms with Crippen LogP contribution >= 0.6 is 0 Å². The quantitative estimate of drug-likeness (QED) is 0.171. The van der Waals surface area contributed by atoms with Crippen molar-refractivity contribution in [3.8, 4) is 45.3 Å². The Balaban J connectivity index is 1.13. The van der Waals surface area contributed by atoms with Crippen molar-refractivity contribution in [3.05, 3.63) is 175 Å². The zero-order valence-corrected chi connectivity index (χ0v) is 30.8. The topological polar surface area (TPSA) is 51.8 Å². The number of benzene rings is 9.